The van der Waals surface area contributed by atoms with Gasteiger partial charge in [0.15, 0.2) is 0 Å². The predicted octanol–water partition coefficient (Wildman–Crippen LogP) is 2.25. The van der Waals surface area contributed by atoms with Crippen molar-refractivity contribution >= 4 is 0 Å². The van der Waals surface area contributed by atoms with E-state index in [1.54, 1.807) is 26.6 Å². The van der Waals surface area contributed by atoms with Crippen molar-refractivity contribution in [2.24, 2.45) is 0 Å². The molecule has 0 saturated heterocycles. The van der Waals surface area contributed by atoms with Crippen molar-refractivity contribution in [3.05, 3.63) is 36.3 Å². The number of hydrogen-bond acceptors (Lipinski definition) is 2. The molecule has 0 radical (unpaired) electrons. The molecule has 0 rings (SSSR count). The first-order valence-corrected chi connectivity index (χ1v) is 3.31. The van der Waals surface area contributed by atoms with E-state index in [0.29, 0.717) is 5.76 Å². The van der Waals surface area contributed by atoms with Gasteiger partial charge in [-0.3, -0.25) is 0 Å². The molecule has 0 N–H and O–H groups in total. The molecule has 0 aliphatic carbocycles. The second-order valence-corrected chi connectivity index (χ2v) is 2.10. The molecular formula is C9H14O2. The summed E-state index contributed by atoms with van der Waals surface area (Å²) < 4.78 is 9.62. The van der Waals surface area contributed by atoms with Crippen LogP contribution < -0.4 is 0 Å². The maximum Gasteiger partial charge on any atom is 0.111 e. The topological polar surface area (TPSA) is 18.5 Å². The summed E-state index contributed by atoms with van der Waals surface area (Å²) in [6.07, 6.45) is 5.31. The van der Waals surface area contributed by atoms with E-state index in [1.807, 2.05) is 13.0 Å². The van der Waals surface area contributed by atoms with Crippen LogP contribution in [-0.2, 0) is 9.47 Å². The molecule has 11 heavy (non-hydrogen) atoms. The summed E-state index contributed by atoms with van der Waals surface area (Å²) in [5.41, 5.74) is 1.02. The fourth-order valence-corrected chi connectivity index (χ4v) is 0.518. The van der Waals surface area contributed by atoms with Crippen LogP contribution in [0.3, 0.4) is 0 Å². The Hall–Kier alpha value is -1.18. The molecule has 0 heterocycles. The van der Waals surface area contributed by atoms with Crippen LogP contribution in [0.2, 0.25) is 0 Å². The van der Waals surface area contributed by atoms with Crippen LogP contribution in [0.25, 0.3) is 0 Å². The third kappa shape index (κ3) is 5.27. The van der Waals surface area contributed by atoms with E-state index in [0.717, 1.165) is 5.57 Å². The molecule has 0 atom stereocenters. The standard InChI is InChI=1S/C9H14O2/c1-8(7-10-3)5-6-9(2)11-4/h5-7H,2H2,1,3-4H3/b6-5-,8-7+. The summed E-state index contributed by atoms with van der Waals surface area (Å²) in [6.45, 7) is 5.56. The predicted molar refractivity (Wildman–Crippen MR) is 46.1 cm³/mol. The fraction of sp³-hybridized carbons (Fsp3) is 0.333. The second-order valence-electron chi connectivity index (χ2n) is 2.10. The lowest BCUT2D eigenvalue weighted by Crippen LogP contribution is -1.78. The van der Waals surface area contributed by atoms with Gasteiger partial charge in [-0.25, -0.2) is 0 Å². The molecule has 0 aromatic heterocycles. The zero-order valence-electron chi connectivity index (χ0n) is 7.26. The lowest BCUT2D eigenvalue weighted by molar-refractivity contribution is 0.308. The van der Waals surface area contributed by atoms with Crippen molar-refractivity contribution in [2.75, 3.05) is 14.2 Å². The van der Waals surface area contributed by atoms with Crippen molar-refractivity contribution in [1.29, 1.82) is 0 Å². The average Bonchev–Trinajstić information content (AvgIpc) is 2.01. The van der Waals surface area contributed by atoms with Crippen LogP contribution >= 0.6 is 0 Å². The van der Waals surface area contributed by atoms with Crippen LogP contribution in [0.4, 0.5) is 0 Å². The zero-order chi connectivity index (χ0) is 8.69. The van der Waals surface area contributed by atoms with Crippen LogP contribution in [0.15, 0.2) is 36.3 Å². The minimum Gasteiger partial charge on any atom is -0.504 e. The van der Waals surface area contributed by atoms with E-state index in [2.05, 4.69) is 6.58 Å². The molecule has 0 unspecified atom stereocenters. The molecule has 2 nitrogen and oxygen atoms in total. The normalized spacial score (nSPS) is 11.7. The first-order chi connectivity index (χ1) is 5.20. The molecule has 0 aromatic rings. The quantitative estimate of drug-likeness (QED) is 0.456. The number of rotatable bonds is 4. The van der Waals surface area contributed by atoms with Gasteiger partial charge in [0.2, 0.25) is 0 Å². The Morgan fingerprint density at radius 1 is 1.27 bits per heavy atom. The molecule has 0 saturated carbocycles. The van der Waals surface area contributed by atoms with Crippen molar-refractivity contribution in [3.63, 3.8) is 0 Å². The molecule has 0 fully saturated rings. The van der Waals surface area contributed by atoms with E-state index in [-0.39, 0.29) is 0 Å². The smallest absolute Gasteiger partial charge is 0.111 e. The highest BCUT2D eigenvalue weighted by Gasteiger charge is 1.83. The molecule has 0 aromatic carbocycles. The Morgan fingerprint density at radius 2 is 1.91 bits per heavy atom. The summed E-state index contributed by atoms with van der Waals surface area (Å²) in [6, 6.07) is 0. The van der Waals surface area contributed by atoms with Gasteiger partial charge < -0.3 is 9.47 Å². The maximum absolute atomic E-state index is 4.83. The van der Waals surface area contributed by atoms with Crippen molar-refractivity contribution < 1.29 is 9.47 Å². The molecule has 62 valence electrons. The van der Waals surface area contributed by atoms with Gasteiger partial charge in [-0.15, -0.1) is 0 Å². The first-order valence-electron chi connectivity index (χ1n) is 3.31. The summed E-state index contributed by atoms with van der Waals surface area (Å²) in [4.78, 5) is 0. The highest BCUT2D eigenvalue weighted by Crippen LogP contribution is 1.99. The third-order valence-electron chi connectivity index (χ3n) is 1.10. The SMILES string of the molecule is C=C(/C=C\C(C)=C\OC)OC. The van der Waals surface area contributed by atoms with Crippen LogP contribution in [0.1, 0.15) is 6.92 Å². The lowest BCUT2D eigenvalue weighted by atomic mass is 10.3. The Kier molecular flexibility index (Phi) is 4.99. The van der Waals surface area contributed by atoms with Gasteiger partial charge in [-0.2, -0.15) is 0 Å². The number of ether oxygens (including phenoxy) is 2. The molecule has 2 heteroatoms. The molecule has 0 amide bonds. The molecule has 0 aliphatic rings. The van der Waals surface area contributed by atoms with E-state index < -0.39 is 0 Å². The van der Waals surface area contributed by atoms with E-state index >= 15 is 0 Å². The summed E-state index contributed by atoms with van der Waals surface area (Å²) >= 11 is 0. The van der Waals surface area contributed by atoms with Gasteiger partial charge in [0.1, 0.15) is 5.76 Å². The fourth-order valence-electron chi connectivity index (χ4n) is 0.518. The van der Waals surface area contributed by atoms with E-state index in [9.17, 15) is 0 Å². The molecular weight excluding hydrogens is 140 g/mol. The van der Waals surface area contributed by atoms with Gasteiger partial charge in [0, 0.05) is 0 Å². The zero-order valence-corrected chi connectivity index (χ0v) is 7.26. The van der Waals surface area contributed by atoms with Gasteiger partial charge in [0.05, 0.1) is 20.5 Å². The van der Waals surface area contributed by atoms with Gasteiger partial charge in [-0.1, -0.05) is 12.7 Å². The maximum atomic E-state index is 4.83. The first kappa shape index (κ1) is 9.82. The Labute approximate surface area is 67.8 Å². The van der Waals surface area contributed by atoms with Gasteiger partial charge >= 0.3 is 0 Å². The minimum atomic E-state index is 0.633. The number of methoxy groups -OCH3 is 2. The third-order valence-corrected chi connectivity index (χ3v) is 1.10. The minimum absolute atomic E-state index is 0.633. The number of hydrogen-bond donors (Lipinski definition) is 0. The molecule has 0 spiro atoms. The summed E-state index contributed by atoms with van der Waals surface area (Å²) in [5.74, 6) is 0.633. The van der Waals surface area contributed by atoms with Crippen LogP contribution in [0, 0.1) is 0 Å². The highest BCUT2D eigenvalue weighted by atomic mass is 16.5. The molecule has 0 bridgehead atoms. The summed E-state index contributed by atoms with van der Waals surface area (Å²) in [7, 11) is 3.20. The van der Waals surface area contributed by atoms with Crippen LogP contribution in [-0.4, -0.2) is 14.2 Å². The van der Waals surface area contributed by atoms with Crippen LogP contribution in [0.5, 0.6) is 0 Å². The second kappa shape index (κ2) is 5.59. The van der Waals surface area contributed by atoms with Crippen molar-refractivity contribution in [2.45, 2.75) is 6.92 Å². The van der Waals surface area contributed by atoms with Gasteiger partial charge in [0.25, 0.3) is 0 Å². The number of allylic oxidation sites excluding steroid dienone is 3. The molecule has 0 aliphatic heterocycles. The Balaban J connectivity index is 3.92. The van der Waals surface area contributed by atoms with Gasteiger partial charge in [-0.05, 0) is 18.6 Å². The van der Waals surface area contributed by atoms with Crippen molar-refractivity contribution in [3.8, 4) is 0 Å². The lowest BCUT2D eigenvalue weighted by Gasteiger charge is -1.95. The average molecular weight is 154 g/mol. The summed E-state index contributed by atoms with van der Waals surface area (Å²) in [5, 5.41) is 0. The largest absolute Gasteiger partial charge is 0.504 e. The van der Waals surface area contributed by atoms with E-state index in [4.69, 9.17) is 9.47 Å². The van der Waals surface area contributed by atoms with E-state index in [1.165, 1.54) is 0 Å². The highest BCUT2D eigenvalue weighted by molar-refractivity contribution is 5.20. The Bertz CT molecular complexity index is 178. The van der Waals surface area contributed by atoms with Crippen molar-refractivity contribution in [1.82, 2.24) is 0 Å². The Morgan fingerprint density at radius 3 is 2.36 bits per heavy atom. The monoisotopic (exact) mass is 154 g/mol.